The van der Waals surface area contributed by atoms with Crippen LogP contribution in [0.4, 0.5) is 5.69 Å². The highest BCUT2D eigenvalue weighted by Gasteiger charge is 2.14. The number of rotatable bonds is 7. The Labute approximate surface area is 159 Å². The quantitative estimate of drug-likeness (QED) is 0.712. The topological polar surface area (TPSA) is 59.6 Å². The van der Waals surface area contributed by atoms with Crippen molar-refractivity contribution in [1.82, 2.24) is 5.32 Å². The Bertz CT molecular complexity index is 762. The number of anilines is 1. The van der Waals surface area contributed by atoms with E-state index < -0.39 is 0 Å². The summed E-state index contributed by atoms with van der Waals surface area (Å²) >= 11 is 5.24. The summed E-state index contributed by atoms with van der Waals surface area (Å²) in [6.45, 7) is 7.15. The molecular weight excluding hydrogens is 348 g/mol. The van der Waals surface area contributed by atoms with E-state index in [4.69, 9.17) is 21.7 Å². The Morgan fingerprint density at radius 3 is 2.62 bits per heavy atom. The van der Waals surface area contributed by atoms with Crippen molar-refractivity contribution in [2.45, 2.75) is 20.8 Å². The number of carbonyl (C=O) groups is 1. The van der Waals surface area contributed by atoms with Gasteiger partial charge in [-0.05, 0) is 49.3 Å². The normalized spacial score (nSPS) is 10.3. The summed E-state index contributed by atoms with van der Waals surface area (Å²) < 4.78 is 11.2. The number of para-hydroxylation sites is 1. The molecule has 0 heterocycles. The molecule has 2 aromatic rings. The monoisotopic (exact) mass is 372 g/mol. The lowest BCUT2D eigenvalue weighted by Crippen LogP contribution is -2.34. The highest BCUT2D eigenvalue weighted by molar-refractivity contribution is 7.80. The van der Waals surface area contributed by atoms with E-state index in [0.717, 1.165) is 11.4 Å². The van der Waals surface area contributed by atoms with Gasteiger partial charge in [0.05, 0.1) is 18.8 Å². The van der Waals surface area contributed by atoms with Crippen molar-refractivity contribution in [3.05, 3.63) is 54.1 Å². The van der Waals surface area contributed by atoms with Gasteiger partial charge in [-0.3, -0.25) is 10.1 Å². The number of hydrogen-bond donors (Lipinski definition) is 2. The highest BCUT2D eigenvalue weighted by Crippen LogP contribution is 2.19. The smallest absolute Gasteiger partial charge is 0.261 e. The van der Waals surface area contributed by atoms with Gasteiger partial charge < -0.3 is 14.8 Å². The maximum Gasteiger partial charge on any atom is 0.261 e. The summed E-state index contributed by atoms with van der Waals surface area (Å²) in [4.78, 5) is 12.5. The van der Waals surface area contributed by atoms with Gasteiger partial charge in [-0.1, -0.05) is 32.0 Å². The minimum Gasteiger partial charge on any atom is -0.494 e. The van der Waals surface area contributed by atoms with Gasteiger partial charge in [0.15, 0.2) is 5.11 Å². The zero-order valence-corrected chi connectivity index (χ0v) is 16.1. The molecule has 1 amide bonds. The second kappa shape index (κ2) is 9.77. The average molecular weight is 372 g/mol. The van der Waals surface area contributed by atoms with Crippen LogP contribution in [-0.4, -0.2) is 24.2 Å². The summed E-state index contributed by atoms with van der Waals surface area (Å²) in [6, 6.07) is 14.5. The lowest BCUT2D eigenvalue weighted by atomic mass is 10.2. The van der Waals surface area contributed by atoms with Crippen LogP contribution in [0, 0.1) is 5.92 Å². The molecule has 0 saturated heterocycles. The maximum absolute atomic E-state index is 12.5. The van der Waals surface area contributed by atoms with Crippen LogP contribution in [0.1, 0.15) is 31.1 Å². The standard InChI is InChI=1S/C20H24N2O3S/c1-4-24-16-9-7-8-15(12-16)21-20(26)22-19(23)17-10-5-6-11-18(17)25-13-14(2)3/h5-12,14H,4,13H2,1-3H3,(H2,21,22,23,26). The fourth-order valence-corrected chi connectivity index (χ4v) is 2.41. The molecule has 0 unspecified atom stereocenters. The van der Waals surface area contributed by atoms with Crippen LogP contribution < -0.4 is 20.1 Å². The molecule has 138 valence electrons. The molecule has 0 bridgehead atoms. The van der Waals surface area contributed by atoms with Crippen molar-refractivity contribution in [2.75, 3.05) is 18.5 Å². The third-order valence-electron chi connectivity index (χ3n) is 3.33. The maximum atomic E-state index is 12.5. The molecule has 0 spiro atoms. The molecule has 0 atom stereocenters. The van der Waals surface area contributed by atoms with Crippen LogP contribution in [0.3, 0.4) is 0 Å². The van der Waals surface area contributed by atoms with E-state index in [9.17, 15) is 4.79 Å². The van der Waals surface area contributed by atoms with Gasteiger partial charge in [0, 0.05) is 11.8 Å². The molecule has 0 fully saturated rings. The molecule has 2 rings (SSSR count). The lowest BCUT2D eigenvalue weighted by molar-refractivity contribution is 0.0973. The fraction of sp³-hybridized carbons (Fsp3) is 0.300. The molecule has 26 heavy (non-hydrogen) atoms. The second-order valence-electron chi connectivity index (χ2n) is 6.07. The molecule has 0 saturated carbocycles. The van der Waals surface area contributed by atoms with Crippen LogP contribution in [0.15, 0.2) is 48.5 Å². The SMILES string of the molecule is CCOc1cccc(NC(=S)NC(=O)c2ccccc2OCC(C)C)c1. The number of nitrogens with one attached hydrogen (secondary N) is 2. The van der Waals surface area contributed by atoms with E-state index in [1.54, 1.807) is 18.2 Å². The van der Waals surface area contributed by atoms with E-state index in [2.05, 4.69) is 24.5 Å². The minimum atomic E-state index is -0.317. The number of hydrogen-bond acceptors (Lipinski definition) is 4. The first-order valence-corrected chi connectivity index (χ1v) is 8.97. The summed E-state index contributed by atoms with van der Waals surface area (Å²) in [5, 5.41) is 5.89. The fourth-order valence-electron chi connectivity index (χ4n) is 2.20. The second-order valence-corrected chi connectivity index (χ2v) is 6.48. The van der Waals surface area contributed by atoms with Gasteiger partial charge in [-0.25, -0.2) is 0 Å². The van der Waals surface area contributed by atoms with E-state index in [1.165, 1.54) is 0 Å². The van der Waals surface area contributed by atoms with Gasteiger partial charge in [-0.2, -0.15) is 0 Å². The number of benzene rings is 2. The molecule has 0 aliphatic carbocycles. The highest BCUT2D eigenvalue weighted by atomic mass is 32.1. The molecule has 6 heteroatoms. The predicted molar refractivity (Wildman–Crippen MR) is 108 cm³/mol. The first-order valence-electron chi connectivity index (χ1n) is 8.56. The van der Waals surface area contributed by atoms with Gasteiger partial charge in [0.1, 0.15) is 11.5 Å². The van der Waals surface area contributed by atoms with Gasteiger partial charge in [0.25, 0.3) is 5.91 Å². The molecule has 2 aromatic carbocycles. The molecule has 0 aromatic heterocycles. The Hall–Kier alpha value is -2.60. The van der Waals surface area contributed by atoms with Crippen LogP contribution in [-0.2, 0) is 0 Å². The van der Waals surface area contributed by atoms with E-state index >= 15 is 0 Å². The Morgan fingerprint density at radius 1 is 1.12 bits per heavy atom. The van der Waals surface area contributed by atoms with Crippen LogP contribution in [0.5, 0.6) is 11.5 Å². The number of carbonyl (C=O) groups excluding carboxylic acids is 1. The molecular formula is C20H24N2O3S. The third-order valence-corrected chi connectivity index (χ3v) is 3.54. The van der Waals surface area contributed by atoms with Crippen molar-refractivity contribution in [3.63, 3.8) is 0 Å². The van der Waals surface area contributed by atoms with Crippen molar-refractivity contribution in [2.24, 2.45) is 5.92 Å². The van der Waals surface area contributed by atoms with Crippen LogP contribution in [0.25, 0.3) is 0 Å². The van der Waals surface area contributed by atoms with E-state index in [1.807, 2.05) is 37.3 Å². The first-order chi connectivity index (χ1) is 12.5. The average Bonchev–Trinajstić information content (AvgIpc) is 2.60. The Balaban J connectivity index is 2.01. The van der Waals surface area contributed by atoms with Crippen LogP contribution in [0.2, 0.25) is 0 Å². The number of thiocarbonyl (C=S) groups is 1. The Kier molecular flexibility index (Phi) is 7.41. The molecule has 0 radical (unpaired) electrons. The third kappa shape index (κ3) is 6.04. The first kappa shape index (κ1) is 19.7. The molecule has 5 nitrogen and oxygen atoms in total. The zero-order valence-electron chi connectivity index (χ0n) is 15.2. The lowest BCUT2D eigenvalue weighted by Gasteiger charge is -2.14. The summed E-state index contributed by atoms with van der Waals surface area (Å²) in [7, 11) is 0. The number of amides is 1. The summed E-state index contributed by atoms with van der Waals surface area (Å²) in [5.74, 6) is 1.33. The van der Waals surface area contributed by atoms with Gasteiger partial charge in [0.2, 0.25) is 0 Å². The van der Waals surface area contributed by atoms with Crippen molar-refractivity contribution >= 4 is 28.9 Å². The largest absolute Gasteiger partial charge is 0.494 e. The Morgan fingerprint density at radius 2 is 1.88 bits per heavy atom. The van der Waals surface area contributed by atoms with Crippen molar-refractivity contribution in [3.8, 4) is 11.5 Å². The predicted octanol–water partition coefficient (Wildman–Crippen LogP) is 4.25. The van der Waals surface area contributed by atoms with Gasteiger partial charge >= 0.3 is 0 Å². The molecule has 2 N–H and O–H groups in total. The summed E-state index contributed by atoms with van der Waals surface area (Å²) in [6.07, 6.45) is 0. The number of ether oxygens (including phenoxy) is 2. The molecule has 0 aliphatic heterocycles. The molecule has 0 aliphatic rings. The van der Waals surface area contributed by atoms with Crippen molar-refractivity contribution in [1.29, 1.82) is 0 Å². The van der Waals surface area contributed by atoms with Crippen LogP contribution >= 0.6 is 12.2 Å². The summed E-state index contributed by atoms with van der Waals surface area (Å²) in [5.41, 5.74) is 1.19. The van der Waals surface area contributed by atoms with E-state index in [-0.39, 0.29) is 11.0 Å². The van der Waals surface area contributed by atoms with E-state index in [0.29, 0.717) is 30.4 Å². The van der Waals surface area contributed by atoms with Gasteiger partial charge in [-0.15, -0.1) is 0 Å². The van der Waals surface area contributed by atoms with Crippen molar-refractivity contribution < 1.29 is 14.3 Å². The minimum absolute atomic E-state index is 0.210. The zero-order chi connectivity index (χ0) is 18.9.